The fraction of sp³-hybridized carbons (Fsp3) is 0.286. The van der Waals surface area contributed by atoms with Gasteiger partial charge in [0.05, 0.1) is 0 Å². The van der Waals surface area contributed by atoms with E-state index in [0.29, 0.717) is 17.5 Å². The minimum Gasteiger partial charge on any atom is -0.336 e. The van der Waals surface area contributed by atoms with Crippen LogP contribution in [0.5, 0.6) is 0 Å². The molecule has 0 spiro atoms. The van der Waals surface area contributed by atoms with Gasteiger partial charge in [-0.1, -0.05) is 0 Å². The number of aromatic nitrogens is 6. The number of hydrogen-bond donors (Lipinski definition) is 0. The van der Waals surface area contributed by atoms with Crippen molar-refractivity contribution in [2.45, 2.75) is 5.41 Å². The molecule has 0 N–H and O–H groups in total. The molecule has 0 fully saturated rings. The third-order valence-corrected chi connectivity index (χ3v) is 3.70. The van der Waals surface area contributed by atoms with Gasteiger partial charge in [0.15, 0.2) is 5.41 Å². The molecule has 3 heterocycles. The Hall–Kier alpha value is -2.70. The predicted octanol–water partition coefficient (Wildman–Crippen LogP) is 0.420. The molecule has 0 aromatic carbocycles. The molecule has 7 nitrogen and oxygen atoms in total. The number of nitrogens with zero attached hydrogens (tertiary/aromatic N) is 6. The first kappa shape index (κ1) is 13.3. The first-order chi connectivity index (χ1) is 10.1. The Morgan fingerprint density at radius 2 is 1.14 bits per heavy atom. The molecule has 108 valence electrons. The van der Waals surface area contributed by atoms with Crippen molar-refractivity contribution in [2.24, 2.45) is 21.1 Å². The SMILES string of the molecule is Cn1ccnc1C(C=O)(c1nccn1C)c1nccn1C. The Morgan fingerprint density at radius 1 is 0.810 bits per heavy atom. The van der Waals surface area contributed by atoms with E-state index in [0.717, 1.165) is 6.29 Å². The fourth-order valence-corrected chi connectivity index (χ4v) is 2.69. The number of carbonyl (C=O) groups is 1. The lowest BCUT2D eigenvalue weighted by Gasteiger charge is -2.26. The van der Waals surface area contributed by atoms with E-state index in [4.69, 9.17) is 0 Å². The molecule has 0 radical (unpaired) electrons. The van der Waals surface area contributed by atoms with E-state index in [9.17, 15) is 4.79 Å². The van der Waals surface area contributed by atoms with Crippen molar-refractivity contribution in [3.63, 3.8) is 0 Å². The van der Waals surface area contributed by atoms with Crippen LogP contribution in [0.15, 0.2) is 37.2 Å². The quantitative estimate of drug-likeness (QED) is 0.651. The summed E-state index contributed by atoms with van der Waals surface area (Å²) in [6, 6.07) is 0. The summed E-state index contributed by atoms with van der Waals surface area (Å²) in [5, 5.41) is 0. The Kier molecular flexibility index (Phi) is 2.97. The summed E-state index contributed by atoms with van der Waals surface area (Å²) in [7, 11) is 5.56. The lowest BCUT2D eigenvalue weighted by atomic mass is 9.86. The molecule has 0 amide bonds. The van der Waals surface area contributed by atoms with Crippen LogP contribution >= 0.6 is 0 Å². The van der Waals surface area contributed by atoms with Gasteiger partial charge in [-0.15, -0.1) is 0 Å². The summed E-state index contributed by atoms with van der Waals surface area (Å²) in [6.07, 6.45) is 11.3. The van der Waals surface area contributed by atoms with E-state index in [2.05, 4.69) is 15.0 Å². The van der Waals surface area contributed by atoms with E-state index >= 15 is 0 Å². The number of rotatable bonds is 4. The fourth-order valence-electron chi connectivity index (χ4n) is 2.69. The summed E-state index contributed by atoms with van der Waals surface area (Å²) in [4.78, 5) is 25.4. The summed E-state index contributed by atoms with van der Waals surface area (Å²) in [5.74, 6) is 1.75. The molecular formula is C14H16N6O. The van der Waals surface area contributed by atoms with Crippen LogP contribution < -0.4 is 0 Å². The molecule has 0 saturated carbocycles. The molecule has 0 bridgehead atoms. The van der Waals surface area contributed by atoms with E-state index in [1.807, 2.05) is 34.8 Å². The highest BCUT2D eigenvalue weighted by molar-refractivity contribution is 5.76. The molecule has 7 heteroatoms. The monoisotopic (exact) mass is 284 g/mol. The maximum atomic E-state index is 12.2. The second-order valence-electron chi connectivity index (χ2n) is 5.01. The number of aldehydes is 1. The number of imidazole rings is 3. The molecule has 0 aliphatic carbocycles. The minimum absolute atomic E-state index is 0.584. The lowest BCUT2D eigenvalue weighted by Crippen LogP contribution is -2.39. The van der Waals surface area contributed by atoms with Crippen LogP contribution in [0.1, 0.15) is 17.5 Å². The topological polar surface area (TPSA) is 70.5 Å². The first-order valence-corrected chi connectivity index (χ1v) is 6.51. The molecule has 0 atom stereocenters. The molecule has 21 heavy (non-hydrogen) atoms. The molecular weight excluding hydrogens is 268 g/mol. The average molecular weight is 284 g/mol. The van der Waals surface area contributed by atoms with Crippen LogP contribution in [0.2, 0.25) is 0 Å². The normalized spacial score (nSPS) is 11.8. The molecule has 3 aromatic heterocycles. The van der Waals surface area contributed by atoms with Gasteiger partial charge in [0.25, 0.3) is 0 Å². The molecule has 0 saturated heterocycles. The number of carbonyl (C=O) groups excluding carboxylic acids is 1. The molecule has 0 aliphatic heterocycles. The van der Waals surface area contributed by atoms with Crippen LogP contribution in [-0.4, -0.2) is 34.9 Å². The van der Waals surface area contributed by atoms with Crippen LogP contribution in [-0.2, 0) is 31.4 Å². The number of aryl methyl sites for hydroxylation is 3. The largest absolute Gasteiger partial charge is 0.336 e. The van der Waals surface area contributed by atoms with Gasteiger partial charge in [-0.2, -0.15) is 0 Å². The zero-order valence-electron chi connectivity index (χ0n) is 12.1. The Morgan fingerprint density at radius 3 is 1.33 bits per heavy atom. The van der Waals surface area contributed by atoms with Crippen LogP contribution in [0.3, 0.4) is 0 Å². The second-order valence-corrected chi connectivity index (χ2v) is 5.01. The highest BCUT2D eigenvalue weighted by Gasteiger charge is 2.46. The summed E-state index contributed by atoms with van der Waals surface area (Å²) < 4.78 is 5.45. The first-order valence-electron chi connectivity index (χ1n) is 6.51. The third-order valence-electron chi connectivity index (χ3n) is 3.70. The minimum atomic E-state index is -1.14. The van der Waals surface area contributed by atoms with Crippen molar-refractivity contribution in [3.8, 4) is 0 Å². The van der Waals surface area contributed by atoms with Gasteiger partial charge in [-0.3, -0.25) is 0 Å². The van der Waals surface area contributed by atoms with Crippen molar-refractivity contribution in [2.75, 3.05) is 0 Å². The Balaban J connectivity index is 2.40. The second kappa shape index (κ2) is 4.69. The third kappa shape index (κ3) is 1.74. The van der Waals surface area contributed by atoms with E-state index < -0.39 is 5.41 Å². The van der Waals surface area contributed by atoms with Gasteiger partial charge >= 0.3 is 0 Å². The molecule has 0 aliphatic rings. The van der Waals surface area contributed by atoms with Crippen molar-refractivity contribution < 1.29 is 4.79 Å². The lowest BCUT2D eigenvalue weighted by molar-refractivity contribution is -0.111. The van der Waals surface area contributed by atoms with Crippen molar-refractivity contribution in [1.29, 1.82) is 0 Å². The van der Waals surface area contributed by atoms with Gasteiger partial charge < -0.3 is 18.5 Å². The average Bonchev–Trinajstić information content (AvgIpc) is 3.17. The van der Waals surface area contributed by atoms with E-state index in [1.165, 1.54) is 0 Å². The van der Waals surface area contributed by atoms with Crippen molar-refractivity contribution in [3.05, 3.63) is 54.7 Å². The van der Waals surface area contributed by atoms with E-state index in [-0.39, 0.29) is 0 Å². The van der Waals surface area contributed by atoms with E-state index in [1.54, 1.807) is 37.2 Å². The van der Waals surface area contributed by atoms with Gasteiger partial charge in [0, 0.05) is 58.3 Å². The Bertz CT molecular complexity index is 682. The summed E-state index contributed by atoms with van der Waals surface area (Å²) >= 11 is 0. The standard InChI is InChI=1S/C14H16N6O/c1-18-7-4-15-11(18)14(10-21,12-16-5-8-19(12)2)13-17-6-9-20(13)3/h4-10H,1-3H3. The maximum absolute atomic E-state index is 12.2. The highest BCUT2D eigenvalue weighted by Crippen LogP contribution is 2.33. The van der Waals surface area contributed by atoms with Crippen LogP contribution in [0, 0.1) is 0 Å². The Labute approximate surface area is 121 Å². The number of hydrogen-bond acceptors (Lipinski definition) is 4. The molecule has 0 unspecified atom stereocenters. The van der Waals surface area contributed by atoms with Crippen LogP contribution in [0.4, 0.5) is 0 Å². The molecule has 3 aromatic rings. The predicted molar refractivity (Wildman–Crippen MR) is 75.6 cm³/mol. The van der Waals surface area contributed by atoms with Crippen molar-refractivity contribution in [1.82, 2.24) is 28.7 Å². The highest BCUT2D eigenvalue weighted by atomic mass is 16.1. The summed E-state index contributed by atoms with van der Waals surface area (Å²) in [5.41, 5.74) is -1.14. The summed E-state index contributed by atoms with van der Waals surface area (Å²) in [6.45, 7) is 0. The van der Waals surface area contributed by atoms with Gasteiger partial charge in [-0.05, 0) is 0 Å². The smallest absolute Gasteiger partial charge is 0.198 e. The molecule has 3 rings (SSSR count). The van der Waals surface area contributed by atoms with Gasteiger partial charge in [0.1, 0.15) is 23.8 Å². The van der Waals surface area contributed by atoms with Gasteiger partial charge in [0.2, 0.25) is 0 Å². The van der Waals surface area contributed by atoms with Crippen molar-refractivity contribution >= 4 is 6.29 Å². The van der Waals surface area contributed by atoms with Crippen LogP contribution in [0.25, 0.3) is 0 Å². The zero-order chi connectivity index (χ0) is 15.0. The zero-order valence-corrected chi connectivity index (χ0v) is 12.1. The maximum Gasteiger partial charge on any atom is 0.198 e. The van der Waals surface area contributed by atoms with Gasteiger partial charge in [-0.25, -0.2) is 15.0 Å².